The van der Waals surface area contributed by atoms with Gasteiger partial charge in [-0.1, -0.05) is 19.3 Å². The summed E-state index contributed by atoms with van der Waals surface area (Å²) in [5.41, 5.74) is 6.85. The lowest BCUT2D eigenvalue weighted by Crippen LogP contribution is -2.45. The lowest BCUT2D eigenvalue weighted by molar-refractivity contribution is 0.183. The van der Waals surface area contributed by atoms with Crippen LogP contribution in [0.15, 0.2) is 0 Å². The molecule has 0 aliphatic heterocycles. The lowest BCUT2D eigenvalue weighted by atomic mass is 9.74. The zero-order valence-electron chi connectivity index (χ0n) is 9.44. The predicted molar refractivity (Wildman–Crippen MR) is 60.2 cm³/mol. The van der Waals surface area contributed by atoms with Gasteiger partial charge in [-0.3, -0.25) is 0 Å². The number of hydrogen-bond acceptors (Lipinski definition) is 2. The van der Waals surface area contributed by atoms with Gasteiger partial charge in [0.2, 0.25) is 0 Å². The second kappa shape index (κ2) is 3.82. The molecule has 0 aromatic carbocycles. The van der Waals surface area contributed by atoms with Gasteiger partial charge >= 0.3 is 0 Å². The molecule has 2 nitrogen and oxygen atoms in total. The second-order valence-electron chi connectivity index (χ2n) is 5.68. The summed E-state index contributed by atoms with van der Waals surface area (Å²) in [6.07, 6.45) is 9.57. The standard InChI is InChI=1S/C12H24N2/c1-11(7-8-11)14-10-12(9-13)5-3-2-4-6-12/h14H,2-10,13H2,1H3. The summed E-state index contributed by atoms with van der Waals surface area (Å²) in [6, 6.07) is 0. The molecule has 14 heavy (non-hydrogen) atoms. The predicted octanol–water partition coefficient (Wildman–Crippen LogP) is 2.04. The van der Waals surface area contributed by atoms with Gasteiger partial charge in [0.25, 0.3) is 0 Å². The Labute approximate surface area is 87.6 Å². The molecule has 0 saturated heterocycles. The third-order valence-electron chi connectivity index (χ3n) is 4.24. The summed E-state index contributed by atoms with van der Waals surface area (Å²) in [5.74, 6) is 0. The van der Waals surface area contributed by atoms with Crippen LogP contribution in [0.4, 0.5) is 0 Å². The van der Waals surface area contributed by atoms with Crippen LogP contribution in [0.2, 0.25) is 0 Å². The maximum Gasteiger partial charge on any atom is 0.0154 e. The van der Waals surface area contributed by atoms with Crippen molar-refractivity contribution in [2.45, 2.75) is 57.4 Å². The highest BCUT2D eigenvalue weighted by atomic mass is 15.0. The monoisotopic (exact) mass is 196 g/mol. The molecule has 2 fully saturated rings. The first-order chi connectivity index (χ1) is 6.68. The van der Waals surface area contributed by atoms with Crippen molar-refractivity contribution < 1.29 is 0 Å². The highest BCUT2D eigenvalue weighted by molar-refractivity contribution is 4.99. The molecule has 2 aliphatic carbocycles. The zero-order chi connectivity index (χ0) is 10.1. The van der Waals surface area contributed by atoms with Gasteiger partial charge < -0.3 is 11.1 Å². The van der Waals surface area contributed by atoms with Crippen molar-refractivity contribution in [2.24, 2.45) is 11.1 Å². The van der Waals surface area contributed by atoms with Crippen LogP contribution in [0.5, 0.6) is 0 Å². The molecule has 0 bridgehead atoms. The molecule has 0 amide bonds. The molecular weight excluding hydrogens is 172 g/mol. The van der Waals surface area contributed by atoms with E-state index in [1.54, 1.807) is 0 Å². The normalized spacial score (nSPS) is 28.7. The van der Waals surface area contributed by atoms with Crippen LogP contribution >= 0.6 is 0 Å². The molecule has 0 atom stereocenters. The van der Waals surface area contributed by atoms with Crippen molar-refractivity contribution in [3.8, 4) is 0 Å². The average molecular weight is 196 g/mol. The molecule has 2 rings (SSSR count). The highest BCUT2D eigenvalue weighted by Gasteiger charge is 2.39. The number of nitrogens with two attached hydrogens (primary N) is 1. The van der Waals surface area contributed by atoms with Crippen molar-refractivity contribution in [3.63, 3.8) is 0 Å². The molecule has 3 N–H and O–H groups in total. The fraction of sp³-hybridized carbons (Fsp3) is 1.00. The Balaban J connectivity index is 1.84. The molecule has 2 saturated carbocycles. The Morgan fingerprint density at radius 2 is 1.71 bits per heavy atom. The van der Waals surface area contributed by atoms with E-state index in [2.05, 4.69) is 12.2 Å². The Kier molecular flexibility index (Phi) is 2.85. The van der Waals surface area contributed by atoms with Crippen LogP contribution in [0.1, 0.15) is 51.9 Å². The lowest BCUT2D eigenvalue weighted by Gasteiger charge is -2.37. The van der Waals surface area contributed by atoms with Gasteiger partial charge in [0, 0.05) is 12.1 Å². The Morgan fingerprint density at radius 3 is 2.21 bits per heavy atom. The minimum atomic E-state index is 0.434. The minimum Gasteiger partial charge on any atom is -0.330 e. The molecule has 82 valence electrons. The summed E-state index contributed by atoms with van der Waals surface area (Å²) < 4.78 is 0. The van der Waals surface area contributed by atoms with Crippen molar-refractivity contribution in [2.75, 3.05) is 13.1 Å². The van der Waals surface area contributed by atoms with Gasteiger partial charge in [-0.05, 0) is 44.6 Å². The summed E-state index contributed by atoms with van der Waals surface area (Å²) in [7, 11) is 0. The molecule has 0 spiro atoms. The molecule has 0 aromatic heterocycles. The summed E-state index contributed by atoms with van der Waals surface area (Å²) in [4.78, 5) is 0. The topological polar surface area (TPSA) is 38.0 Å². The Morgan fingerprint density at radius 1 is 1.07 bits per heavy atom. The van der Waals surface area contributed by atoms with Crippen LogP contribution in [0.3, 0.4) is 0 Å². The number of hydrogen-bond donors (Lipinski definition) is 2. The van der Waals surface area contributed by atoms with E-state index in [9.17, 15) is 0 Å². The molecule has 0 radical (unpaired) electrons. The van der Waals surface area contributed by atoms with E-state index in [-0.39, 0.29) is 0 Å². The van der Waals surface area contributed by atoms with Crippen LogP contribution in [0.25, 0.3) is 0 Å². The SMILES string of the molecule is CC1(NCC2(CN)CCCCC2)CC1. The van der Waals surface area contributed by atoms with Gasteiger partial charge in [0.15, 0.2) is 0 Å². The van der Waals surface area contributed by atoms with Gasteiger partial charge in [0.1, 0.15) is 0 Å². The van der Waals surface area contributed by atoms with E-state index in [1.807, 2.05) is 0 Å². The van der Waals surface area contributed by atoms with E-state index in [0.717, 1.165) is 13.1 Å². The fourth-order valence-corrected chi connectivity index (χ4v) is 2.52. The Bertz CT molecular complexity index is 190. The molecule has 0 unspecified atom stereocenters. The third kappa shape index (κ3) is 2.29. The van der Waals surface area contributed by atoms with Crippen molar-refractivity contribution in [1.82, 2.24) is 5.32 Å². The van der Waals surface area contributed by atoms with E-state index in [4.69, 9.17) is 5.73 Å². The van der Waals surface area contributed by atoms with E-state index in [1.165, 1.54) is 44.9 Å². The zero-order valence-corrected chi connectivity index (χ0v) is 9.44. The van der Waals surface area contributed by atoms with Crippen LogP contribution in [-0.4, -0.2) is 18.6 Å². The third-order valence-corrected chi connectivity index (χ3v) is 4.24. The first kappa shape index (κ1) is 10.4. The fourth-order valence-electron chi connectivity index (χ4n) is 2.52. The molecule has 0 heterocycles. The van der Waals surface area contributed by atoms with Crippen molar-refractivity contribution >= 4 is 0 Å². The average Bonchev–Trinajstić information content (AvgIpc) is 2.96. The van der Waals surface area contributed by atoms with Crippen LogP contribution < -0.4 is 11.1 Å². The first-order valence-electron chi connectivity index (χ1n) is 6.13. The maximum atomic E-state index is 5.95. The summed E-state index contributed by atoms with van der Waals surface area (Å²) >= 11 is 0. The molecule has 2 heteroatoms. The highest BCUT2D eigenvalue weighted by Crippen LogP contribution is 2.39. The van der Waals surface area contributed by atoms with E-state index in [0.29, 0.717) is 11.0 Å². The van der Waals surface area contributed by atoms with Gasteiger partial charge in [-0.2, -0.15) is 0 Å². The minimum absolute atomic E-state index is 0.434. The summed E-state index contributed by atoms with van der Waals surface area (Å²) in [5, 5.41) is 3.71. The van der Waals surface area contributed by atoms with Crippen LogP contribution in [-0.2, 0) is 0 Å². The van der Waals surface area contributed by atoms with Gasteiger partial charge in [0.05, 0.1) is 0 Å². The van der Waals surface area contributed by atoms with Gasteiger partial charge in [-0.15, -0.1) is 0 Å². The number of nitrogens with one attached hydrogen (secondary N) is 1. The Hall–Kier alpha value is -0.0800. The largest absolute Gasteiger partial charge is 0.330 e. The van der Waals surface area contributed by atoms with Crippen LogP contribution in [0, 0.1) is 5.41 Å². The molecule has 2 aliphatic rings. The molecule has 0 aromatic rings. The van der Waals surface area contributed by atoms with E-state index >= 15 is 0 Å². The summed E-state index contributed by atoms with van der Waals surface area (Å²) in [6.45, 7) is 4.36. The quantitative estimate of drug-likeness (QED) is 0.722. The molecular formula is C12H24N2. The van der Waals surface area contributed by atoms with Crippen molar-refractivity contribution in [3.05, 3.63) is 0 Å². The van der Waals surface area contributed by atoms with Gasteiger partial charge in [-0.25, -0.2) is 0 Å². The first-order valence-corrected chi connectivity index (χ1v) is 6.13. The van der Waals surface area contributed by atoms with E-state index < -0.39 is 0 Å². The second-order valence-corrected chi connectivity index (χ2v) is 5.68. The maximum absolute atomic E-state index is 5.95. The van der Waals surface area contributed by atoms with Crippen molar-refractivity contribution in [1.29, 1.82) is 0 Å². The smallest absolute Gasteiger partial charge is 0.0154 e. The number of rotatable bonds is 4.